The molecule has 2 aromatic carbocycles. The van der Waals surface area contributed by atoms with Gasteiger partial charge in [-0.15, -0.1) is 10.2 Å². The van der Waals surface area contributed by atoms with Crippen LogP contribution in [-0.2, 0) is 0 Å². The molecule has 0 aliphatic heterocycles. The lowest BCUT2D eigenvalue weighted by molar-refractivity contribution is 1.16. The Balaban J connectivity index is 1.70. The van der Waals surface area contributed by atoms with Crippen LogP contribution in [0.4, 0.5) is 11.6 Å². The Bertz CT molecular complexity index is 772. The van der Waals surface area contributed by atoms with E-state index < -0.39 is 0 Å². The highest BCUT2D eigenvalue weighted by Gasteiger charge is 2.00. The van der Waals surface area contributed by atoms with Gasteiger partial charge in [0.05, 0.1) is 0 Å². The fourth-order valence-electron chi connectivity index (χ4n) is 2.33. The molecule has 4 heteroatoms. The molecule has 0 aliphatic rings. The minimum atomic E-state index is 0.754. The van der Waals surface area contributed by atoms with Crippen LogP contribution in [0.2, 0.25) is 0 Å². The second kappa shape index (κ2) is 4.35. The van der Waals surface area contributed by atoms with Crippen molar-refractivity contribution in [2.45, 2.75) is 0 Å². The number of nitrogens with one attached hydrogen (secondary N) is 2. The zero-order valence-corrected chi connectivity index (χ0v) is 10.7. The Morgan fingerprint density at radius 1 is 0.600 bits per heavy atom. The summed E-state index contributed by atoms with van der Waals surface area (Å²) in [5.41, 5.74) is 2.14. The Hall–Kier alpha value is -2.88. The fourth-order valence-corrected chi connectivity index (χ4v) is 2.33. The van der Waals surface area contributed by atoms with Crippen LogP contribution in [0.5, 0.6) is 0 Å². The third-order valence-electron chi connectivity index (χ3n) is 3.30. The van der Waals surface area contributed by atoms with E-state index in [4.69, 9.17) is 0 Å². The van der Waals surface area contributed by atoms with Gasteiger partial charge in [-0.05, 0) is 24.3 Å². The maximum absolute atomic E-state index is 4.25. The molecule has 20 heavy (non-hydrogen) atoms. The van der Waals surface area contributed by atoms with Crippen LogP contribution in [0.15, 0.2) is 70.9 Å². The van der Waals surface area contributed by atoms with E-state index in [9.17, 15) is 0 Å². The molecule has 2 aromatic heterocycles. The zero-order chi connectivity index (χ0) is 13.4. The van der Waals surface area contributed by atoms with E-state index in [1.807, 2.05) is 60.7 Å². The second-order valence-corrected chi connectivity index (χ2v) is 4.68. The zero-order valence-electron chi connectivity index (χ0n) is 10.7. The van der Waals surface area contributed by atoms with E-state index in [2.05, 4.69) is 20.2 Å². The van der Waals surface area contributed by atoms with Gasteiger partial charge in [-0.25, -0.2) is 0 Å². The Morgan fingerprint density at radius 3 is 1.50 bits per heavy atom. The first-order valence-electron chi connectivity index (χ1n) is 6.46. The average Bonchev–Trinajstić information content (AvgIpc) is 3.07. The molecule has 96 valence electrons. The first-order chi connectivity index (χ1) is 9.88. The standard InChI is InChI=1S/C16H12N4/c1-3-7-13-11(5-1)9-15(17-13)19-20-16-10-12-6-2-4-8-14(12)18-16/h1-10,17-18H. The van der Waals surface area contributed by atoms with Crippen molar-refractivity contribution >= 4 is 33.4 Å². The molecule has 2 heterocycles. The number of aromatic amines is 2. The lowest BCUT2D eigenvalue weighted by Gasteiger charge is -1.85. The number of benzene rings is 2. The van der Waals surface area contributed by atoms with Crippen molar-refractivity contribution in [1.29, 1.82) is 0 Å². The maximum Gasteiger partial charge on any atom is 0.153 e. The predicted octanol–water partition coefficient (Wildman–Crippen LogP) is 5.06. The van der Waals surface area contributed by atoms with Gasteiger partial charge in [0.1, 0.15) is 0 Å². The summed E-state index contributed by atoms with van der Waals surface area (Å²) < 4.78 is 0. The highest BCUT2D eigenvalue weighted by atomic mass is 15.2. The van der Waals surface area contributed by atoms with Gasteiger partial charge in [-0.3, -0.25) is 0 Å². The van der Waals surface area contributed by atoms with Gasteiger partial charge in [-0.2, -0.15) is 0 Å². The van der Waals surface area contributed by atoms with Crippen molar-refractivity contribution in [3.8, 4) is 0 Å². The quantitative estimate of drug-likeness (QED) is 0.473. The summed E-state index contributed by atoms with van der Waals surface area (Å²) in [6.45, 7) is 0. The second-order valence-electron chi connectivity index (χ2n) is 4.68. The molecule has 0 radical (unpaired) electrons. The van der Waals surface area contributed by atoms with Crippen molar-refractivity contribution in [1.82, 2.24) is 9.97 Å². The lowest BCUT2D eigenvalue weighted by Crippen LogP contribution is -1.65. The Morgan fingerprint density at radius 2 is 1.05 bits per heavy atom. The van der Waals surface area contributed by atoms with Crippen LogP contribution in [0.3, 0.4) is 0 Å². The number of fused-ring (bicyclic) bond motifs is 2. The molecule has 0 aliphatic carbocycles. The molecular formula is C16H12N4. The summed E-state index contributed by atoms with van der Waals surface area (Å²) in [5, 5.41) is 10.8. The van der Waals surface area contributed by atoms with Crippen LogP contribution >= 0.6 is 0 Å². The summed E-state index contributed by atoms with van der Waals surface area (Å²) in [6, 6.07) is 20.1. The largest absolute Gasteiger partial charge is 0.338 e. The minimum Gasteiger partial charge on any atom is -0.338 e. The van der Waals surface area contributed by atoms with Crippen LogP contribution in [0.1, 0.15) is 0 Å². The van der Waals surface area contributed by atoms with Gasteiger partial charge >= 0.3 is 0 Å². The van der Waals surface area contributed by atoms with E-state index in [-0.39, 0.29) is 0 Å². The number of aromatic nitrogens is 2. The highest BCUT2D eigenvalue weighted by molar-refractivity contribution is 5.84. The molecule has 0 atom stereocenters. The van der Waals surface area contributed by atoms with Crippen molar-refractivity contribution in [3.05, 3.63) is 60.7 Å². The van der Waals surface area contributed by atoms with E-state index >= 15 is 0 Å². The molecule has 2 N–H and O–H groups in total. The summed E-state index contributed by atoms with van der Waals surface area (Å²) in [5.74, 6) is 1.51. The SMILES string of the molecule is c1ccc2[nH]c(N=Nc3cc4ccccc4[nH]3)cc2c1. The number of hydrogen-bond donors (Lipinski definition) is 2. The van der Waals surface area contributed by atoms with Crippen LogP contribution < -0.4 is 0 Å². The van der Waals surface area contributed by atoms with E-state index in [0.717, 1.165) is 33.4 Å². The number of H-pyrrole nitrogens is 2. The fraction of sp³-hybridized carbons (Fsp3) is 0. The third-order valence-corrected chi connectivity index (χ3v) is 3.30. The molecule has 0 fully saturated rings. The van der Waals surface area contributed by atoms with E-state index in [0.29, 0.717) is 0 Å². The van der Waals surface area contributed by atoms with E-state index in [1.165, 1.54) is 0 Å². The lowest BCUT2D eigenvalue weighted by atomic mass is 10.2. The molecule has 0 saturated carbocycles. The predicted molar refractivity (Wildman–Crippen MR) is 80.8 cm³/mol. The van der Waals surface area contributed by atoms with Crippen LogP contribution in [-0.4, -0.2) is 9.97 Å². The van der Waals surface area contributed by atoms with Crippen LogP contribution in [0.25, 0.3) is 21.8 Å². The number of azo groups is 1. The van der Waals surface area contributed by atoms with Gasteiger partial charge in [0, 0.05) is 21.8 Å². The third kappa shape index (κ3) is 1.87. The van der Waals surface area contributed by atoms with Crippen molar-refractivity contribution < 1.29 is 0 Å². The van der Waals surface area contributed by atoms with Crippen molar-refractivity contribution in [2.75, 3.05) is 0 Å². The molecule has 4 rings (SSSR count). The Kier molecular flexibility index (Phi) is 2.39. The smallest absolute Gasteiger partial charge is 0.153 e. The first kappa shape index (κ1) is 11.0. The maximum atomic E-state index is 4.25. The van der Waals surface area contributed by atoms with Crippen molar-refractivity contribution in [2.24, 2.45) is 10.2 Å². The minimum absolute atomic E-state index is 0.754. The molecule has 0 unspecified atom stereocenters. The number of nitrogens with zero attached hydrogens (tertiary/aromatic N) is 2. The number of hydrogen-bond acceptors (Lipinski definition) is 2. The summed E-state index contributed by atoms with van der Waals surface area (Å²) in [4.78, 5) is 6.45. The summed E-state index contributed by atoms with van der Waals surface area (Å²) >= 11 is 0. The van der Waals surface area contributed by atoms with E-state index in [1.54, 1.807) is 0 Å². The average molecular weight is 260 g/mol. The first-order valence-corrected chi connectivity index (χ1v) is 6.46. The van der Waals surface area contributed by atoms with Gasteiger partial charge in [-0.1, -0.05) is 36.4 Å². The van der Waals surface area contributed by atoms with Gasteiger partial charge in [0.2, 0.25) is 0 Å². The topological polar surface area (TPSA) is 56.3 Å². The number of para-hydroxylation sites is 2. The Labute approximate surface area is 115 Å². The van der Waals surface area contributed by atoms with Crippen LogP contribution in [0, 0.1) is 0 Å². The van der Waals surface area contributed by atoms with Crippen molar-refractivity contribution in [3.63, 3.8) is 0 Å². The van der Waals surface area contributed by atoms with Gasteiger partial charge < -0.3 is 9.97 Å². The monoisotopic (exact) mass is 260 g/mol. The number of rotatable bonds is 2. The molecule has 0 bridgehead atoms. The molecule has 4 aromatic rings. The summed E-state index contributed by atoms with van der Waals surface area (Å²) in [6.07, 6.45) is 0. The molecule has 0 spiro atoms. The summed E-state index contributed by atoms with van der Waals surface area (Å²) in [7, 11) is 0. The molecular weight excluding hydrogens is 248 g/mol. The van der Waals surface area contributed by atoms with Gasteiger partial charge in [0.15, 0.2) is 11.6 Å². The van der Waals surface area contributed by atoms with Gasteiger partial charge in [0.25, 0.3) is 0 Å². The normalized spacial score (nSPS) is 11.8. The molecule has 0 saturated heterocycles. The highest BCUT2D eigenvalue weighted by Crippen LogP contribution is 2.24. The molecule has 0 amide bonds. The molecule has 4 nitrogen and oxygen atoms in total.